The third kappa shape index (κ3) is 8.16. The molecule has 2 aromatic heterocycles. The number of aromatic nitrogens is 2. The van der Waals surface area contributed by atoms with Gasteiger partial charge in [-0.15, -0.1) is 0 Å². The fourth-order valence-corrected chi connectivity index (χ4v) is 8.46. The Kier molecular flexibility index (Phi) is 10.0. The van der Waals surface area contributed by atoms with Crippen molar-refractivity contribution in [1.82, 2.24) is 9.55 Å². The topological polar surface area (TPSA) is 33.5 Å². The van der Waals surface area contributed by atoms with E-state index in [9.17, 15) is 0 Å². The Labute approximate surface area is 365 Å². The van der Waals surface area contributed by atoms with Gasteiger partial charge >= 0.3 is 0 Å². The van der Waals surface area contributed by atoms with Crippen LogP contribution >= 0.6 is 0 Å². The summed E-state index contributed by atoms with van der Waals surface area (Å²) in [4.78, 5) is 9.92. The van der Waals surface area contributed by atoms with Gasteiger partial charge in [0, 0.05) is 40.5 Å². The van der Waals surface area contributed by atoms with Gasteiger partial charge in [-0.1, -0.05) is 134 Å². The van der Waals surface area contributed by atoms with Crippen molar-refractivity contribution in [2.24, 2.45) is 0 Å². The fourth-order valence-electron chi connectivity index (χ4n) is 8.46. The molecule has 8 rings (SSSR count). The van der Waals surface area contributed by atoms with Gasteiger partial charge in [-0.25, -0.2) is 4.98 Å². The van der Waals surface area contributed by atoms with Crippen LogP contribution in [-0.2, 0) is 27.1 Å². The summed E-state index contributed by atoms with van der Waals surface area (Å²) in [5.74, 6) is 2.51. The van der Waals surface area contributed by atoms with E-state index >= 15 is 0 Å². The van der Waals surface area contributed by atoms with Crippen molar-refractivity contribution in [2.45, 2.75) is 131 Å². The molecule has 1 aliphatic heterocycles. The van der Waals surface area contributed by atoms with Gasteiger partial charge in [0.05, 0.1) is 22.4 Å². The molecule has 0 spiro atoms. The molecule has 5 nitrogen and oxygen atoms in total. The normalized spacial score (nSPS) is 14.0. The quantitative estimate of drug-likeness (QED) is 0.173. The molecule has 0 fully saturated rings. The molecular formula is C56H66N4O. The molecule has 0 N–H and O–H groups in total. The van der Waals surface area contributed by atoms with E-state index in [0.717, 1.165) is 34.0 Å². The van der Waals surface area contributed by atoms with Crippen molar-refractivity contribution in [3.8, 4) is 17.3 Å². The number of hydrogen-bond donors (Lipinski definition) is 0. The van der Waals surface area contributed by atoms with Crippen LogP contribution in [0.2, 0.25) is 0 Å². The maximum atomic E-state index is 7.01. The van der Waals surface area contributed by atoms with E-state index in [2.05, 4.69) is 227 Å². The van der Waals surface area contributed by atoms with Crippen LogP contribution in [-0.4, -0.2) is 16.2 Å². The highest BCUT2D eigenvalue weighted by Crippen LogP contribution is 2.48. The molecule has 0 bridgehead atoms. The van der Waals surface area contributed by atoms with Crippen LogP contribution in [0.1, 0.15) is 132 Å². The van der Waals surface area contributed by atoms with Gasteiger partial charge in [0.2, 0.25) is 0 Å². The van der Waals surface area contributed by atoms with Crippen LogP contribution in [0.25, 0.3) is 27.6 Å². The minimum atomic E-state index is -0.113. The molecule has 0 atom stereocenters. The van der Waals surface area contributed by atoms with Crippen LogP contribution in [0.4, 0.5) is 22.7 Å². The summed E-state index contributed by atoms with van der Waals surface area (Å²) in [5, 5.41) is 2.38. The zero-order chi connectivity index (χ0) is 44.0. The molecule has 5 heteroatoms. The lowest BCUT2D eigenvalue weighted by molar-refractivity contribution is 0.479. The van der Waals surface area contributed by atoms with Crippen molar-refractivity contribution in [3.63, 3.8) is 0 Å². The largest absolute Gasteiger partial charge is 0.457 e. The Hall–Kier alpha value is -5.55. The second kappa shape index (κ2) is 14.5. The Balaban J connectivity index is 1.26. The van der Waals surface area contributed by atoms with Gasteiger partial charge in [-0.05, 0) is 122 Å². The van der Waals surface area contributed by atoms with Crippen molar-refractivity contribution < 1.29 is 4.74 Å². The fraction of sp³-hybridized carbons (Fsp3) is 0.375. The molecule has 0 saturated carbocycles. The third-order valence-electron chi connectivity index (χ3n) is 12.5. The Bertz CT molecular complexity index is 2790. The minimum Gasteiger partial charge on any atom is -0.457 e. The number of benzene rings is 5. The molecule has 0 aliphatic carbocycles. The van der Waals surface area contributed by atoms with Gasteiger partial charge < -0.3 is 14.5 Å². The monoisotopic (exact) mass is 811 g/mol. The summed E-state index contributed by atoms with van der Waals surface area (Å²) in [7, 11) is 0. The summed E-state index contributed by atoms with van der Waals surface area (Å²) in [6.07, 6.45) is 1.95. The molecule has 0 unspecified atom stereocenters. The first-order chi connectivity index (χ1) is 28.4. The number of nitrogens with zero attached hydrogens (tertiary/aromatic N) is 4. The molecular weight excluding hydrogens is 745 g/mol. The first-order valence-corrected chi connectivity index (χ1v) is 22.1. The molecule has 0 radical (unpaired) electrons. The highest BCUT2D eigenvalue weighted by atomic mass is 16.5. The molecule has 0 saturated heterocycles. The Morgan fingerprint density at radius 2 is 0.967 bits per heavy atom. The average Bonchev–Trinajstić information content (AvgIpc) is 3.71. The van der Waals surface area contributed by atoms with Crippen molar-refractivity contribution >= 4 is 44.6 Å². The first-order valence-electron chi connectivity index (χ1n) is 22.1. The lowest BCUT2D eigenvalue weighted by Gasteiger charge is -2.27. The molecule has 3 heterocycles. The van der Waals surface area contributed by atoms with Crippen molar-refractivity contribution in [3.05, 3.63) is 143 Å². The van der Waals surface area contributed by atoms with E-state index in [4.69, 9.17) is 9.72 Å². The number of fused-ring (bicyclic) bond motifs is 4. The smallest absolute Gasteiger partial charge is 0.137 e. The van der Waals surface area contributed by atoms with E-state index in [0.29, 0.717) is 6.67 Å². The van der Waals surface area contributed by atoms with Crippen LogP contribution in [0.5, 0.6) is 11.5 Å². The molecule has 0 amide bonds. The van der Waals surface area contributed by atoms with Gasteiger partial charge in [0.25, 0.3) is 0 Å². The molecule has 5 aromatic carbocycles. The van der Waals surface area contributed by atoms with Crippen LogP contribution in [0, 0.1) is 0 Å². The van der Waals surface area contributed by atoms with Crippen LogP contribution in [0.3, 0.4) is 0 Å². The first kappa shape index (κ1) is 42.2. The van der Waals surface area contributed by atoms with Gasteiger partial charge in [-0.3, -0.25) is 4.57 Å². The predicted octanol–water partition coefficient (Wildman–Crippen LogP) is 15.7. The Morgan fingerprint density at radius 3 is 1.62 bits per heavy atom. The average molecular weight is 811 g/mol. The van der Waals surface area contributed by atoms with E-state index < -0.39 is 0 Å². The van der Waals surface area contributed by atoms with Crippen LogP contribution in [0.15, 0.2) is 115 Å². The van der Waals surface area contributed by atoms with Gasteiger partial charge in [-0.2, -0.15) is 0 Å². The molecule has 7 aromatic rings. The van der Waals surface area contributed by atoms with Gasteiger partial charge in [0.1, 0.15) is 24.0 Å². The summed E-state index contributed by atoms with van der Waals surface area (Å²) >= 11 is 0. The molecule has 61 heavy (non-hydrogen) atoms. The minimum absolute atomic E-state index is 0.00155. The number of hydrogen-bond acceptors (Lipinski definition) is 4. The highest BCUT2D eigenvalue weighted by Gasteiger charge is 2.32. The zero-order valence-electron chi connectivity index (χ0n) is 39.4. The van der Waals surface area contributed by atoms with Gasteiger partial charge in [0.15, 0.2) is 0 Å². The second-order valence-electron chi connectivity index (χ2n) is 22.5. The lowest BCUT2D eigenvalue weighted by Crippen LogP contribution is -2.25. The maximum Gasteiger partial charge on any atom is 0.137 e. The standard InChI is InChI=1S/C56H66N4O/c1-52(2,3)36-17-16-18-41(27-36)58-35-59(47-24-20-38(31-50(47)58)54(7,8)9)42-28-40(56(13,14)15)29-44(33-42)61-43-21-23-46-45-22-19-37(53(4,5)6)30-48(45)60(49(46)34-43)51-32-39(25-26-57-51)55(10,11)12/h16-34H,35H2,1-15H3. The summed E-state index contributed by atoms with van der Waals surface area (Å²) in [6.45, 7) is 34.9. The number of anilines is 4. The summed E-state index contributed by atoms with van der Waals surface area (Å²) in [6, 6.07) is 40.7. The van der Waals surface area contributed by atoms with E-state index in [1.807, 2.05) is 6.20 Å². The second-order valence-corrected chi connectivity index (χ2v) is 22.5. The predicted molar refractivity (Wildman–Crippen MR) is 261 cm³/mol. The zero-order valence-corrected chi connectivity index (χ0v) is 39.4. The van der Waals surface area contributed by atoms with Crippen molar-refractivity contribution in [1.29, 1.82) is 0 Å². The number of pyridine rings is 1. The summed E-state index contributed by atoms with van der Waals surface area (Å²) < 4.78 is 9.34. The number of rotatable bonds is 5. The van der Waals surface area contributed by atoms with E-state index in [1.54, 1.807) is 0 Å². The SMILES string of the molecule is CC(C)(C)c1cccc(N2CN(c3cc(Oc4ccc5c6ccc(C(C)(C)C)cc6n(-c6cc(C(C)(C)C)ccn6)c5c4)cc(C(C)(C)C)c3)c3ccc(C(C)(C)C)cc32)c1. The van der Waals surface area contributed by atoms with E-state index in [-0.39, 0.29) is 27.1 Å². The number of ether oxygens (including phenoxy) is 1. The summed E-state index contributed by atoms with van der Waals surface area (Å²) in [5.41, 5.74) is 13.3. The maximum absolute atomic E-state index is 7.01. The van der Waals surface area contributed by atoms with E-state index in [1.165, 1.54) is 55.7 Å². The Morgan fingerprint density at radius 1 is 0.426 bits per heavy atom. The molecule has 1 aliphatic rings. The lowest BCUT2D eigenvalue weighted by atomic mass is 9.86. The highest BCUT2D eigenvalue weighted by molar-refractivity contribution is 6.09. The van der Waals surface area contributed by atoms with Crippen molar-refractivity contribution in [2.75, 3.05) is 16.5 Å². The molecule has 316 valence electrons. The third-order valence-corrected chi connectivity index (χ3v) is 12.5. The van der Waals surface area contributed by atoms with Crippen LogP contribution < -0.4 is 14.5 Å².